The summed E-state index contributed by atoms with van der Waals surface area (Å²) in [5.74, 6) is -0.390. The molecule has 182 valence electrons. The lowest BCUT2D eigenvalue weighted by atomic mass is 9.96. The molecule has 0 saturated carbocycles. The van der Waals surface area contributed by atoms with Gasteiger partial charge in [-0.2, -0.15) is 13.2 Å². The number of nitrogens with one attached hydrogen (secondary N) is 2. The highest BCUT2D eigenvalue weighted by molar-refractivity contribution is 8.24. The third kappa shape index (κ3) is 7.19. The monoisotopic (exact) mass is 500 g/mol. The number of ether oxygens (including phenoxy) is 2. The van der Waals surface area contributed by atoms with E-state index in [4.69, 9.17) is 20.3 Å². The molecule has 3 aromatic rings. The zero-order chi connectivity index (χ0) is 25.4. The van der Waals surface area contributed by atoms with Gasteiger partial charge in [0.2, 0.25) is 0 Å². The molecule has 0 aromatic heterocycles. The molecule has 0 radical (unpaired) electrons. The molecule has 9 heteroatoms. The van der Waals surface area contributed by atoms with Crippen molar-refractivity contribution >= 4 is 28.3 Å². The van der Waals surface area contributed by atoms with Crippen molar-refractivity contribution in [2.75, 3.05) is 7.11 Å². The number of rotatable bonds is 9. The second-order valence-corrected chi connectivity index (χ2v) is 8.48. The standard InChI is InChI=1S/C26H23F3N2O3S/c1-33-24(32)14-23(25(31)35-16-30)19-7-11-22(12-8-19)34-15-17-3-2-4-20(13-17)18-5-9-21(10-6-18)26(27,28)29/h2-13,16,23,30-31H,14-15H2,1H3. The van der Waals surface area contributed by atoms with Crippen LogP contribution in [0.2, 0.25) is 0 Å². The molecular formula is C26H23F3N2O3S. The van der Waals surface area contributed by atoms with Crippen LogP contribution < -0.4 is 4.74 Å². The van der Waals surface area contributed by atoms with Crippen LogP contribution in [0.15, 0.2) is 72.8 Å². The molecule has 3 rings (SSSR count). The molecule has 0 heterocycles. The number of methoxy groups -OCH3 is 1. The van der Waals surface area contributed by atoms with Gasteiger partial charge in [-0.3, -0.25) is 10.2 Å². The minimum absolute atomic E-state index is 0.00683. The number of carbonyl (C=O) groups excluding carboxylic acids is 1. The van der Waals surface area contributed by atoms with Crippen molar-refractivity contribution in [2.24, 2.45) is 0 Å². The van der Waals surface area contributed by atoms with Gasteiger partial charge < -0.3 is 14.9 Å². The zero-order valence-electron chi connectivity index (χ0n) is 18.8. The lowest BCUT2D eigenvalue weighted by Gasteiger charge is -2.16. The second kappa shape index (κ2) is 11.7. The van der Waals surface area contributed by atoms with Crippen LogP contribution in [0.1, 0.15) is 29.0 Å². The Bertz CT molecular complexity index is 1180. The van der Waals surface area contributed by atoms with Gasteiger partial charge in [-0.05, 0) is 52.6 Å². The number of alkyl halides is 3. The van der Waals surface area contributed by atoms with Crippen LogP contribution in [0.4, 0.5) is 13.2 Å². The summed E-state index contributed by atoms with van der Waals surface area (Å²) in [6.07, 6.45) is -4.38. The lowest BCUT2D eigenvalue weighted by molar-refractivity contribution is -0.140. The van der Waals surface area contributed by atoms with Crippen LogP contribution in [0.5, 0.6) is 5.75 Å². The minimum Gasteiger partial charge on any atom is -0.489 e. The maximum absolute atomic E-state index is 12.8. The van der Waals surface area contributed by atoms with E-state index >= 15 is 0 Å². The van der Waals surface area contributed by atoms with Gasteiger partial charge in [-0.25, -0.2) is 0 Å². The molecule has 0 aliphatic carbocycles. The van der Waals surface area contributed by atoms with Gasteiger partial charge in [0, 0.05) is 5.92 Å². The van der Waals surface area contributed by atoms with Crippen LogP contribution >= 0.6 is 11.8 Å². The summed E-state index contributed by atoms with van der Waals surface area (Å²) in [6.45, 7) is 0.249. The number of hydrogen-bond donors (Lipinski definition) is 2. The van der Waals surface area contributed by atoms with E-state index in [-0.39, 0.29) is 18.1 Å². The van der Waals surface area contributed by atoms with Crippen molar-refractivity contribution in [3.05, 3.63) is 89.5 Å². The Morgan fingerprint density at radius 1 is 1.03 bits per heavy atom. The molecule has 0 amide bonds. The van der Waals surface area contributed by atoms with Crippen molar-refractivity contribution in [2.45, 2.75) is 25.1 Å². The topological polar surface area (TPSA) is 83.2 Å². The molecule has 0 fully saturated rings. The summed E-state index contributed by atoms with van der Waals surface area (Å²) in [4.78, 5) is 11.8. The quantitative estimate of drug-likeness (QED) is 0.190. The third-order valence-electron chi connectivity index (χ3n) is 5.26. The predicted octanol–water partition coefficient (Wildman–Crippen LogP) is 6.92. The smallest absolute Gasteiger partial charge is 0.416 e. The van der Waals surface area contributed by atoms with Crippen LogP contribution in [0, 0.1) is 10.8 Å². The number of esters is 1. The highest BCUT2D eigenvalue weighted by atomic mass is 32.2. The normalized spacial score (nSPS) is 12.0. The molecule has 0 bridgehead atoms. The van der Waals surface area contributed by atoms with Gasteiger partial charge in [-0.15, -0.1) is 0 Å². The first kappa shape index (κ1) is 26.0. The first-order valence-electron chi connectivity index (χ1n) is 10.5. The van der Waals surface area contributed by atoms with Crippen LogP contribution in [0.25, 0.3) is 11.1 Å². The van der Waals surface area contributed by atoms with E-state index in [0.717, 1.165) is 46.1 Å². The zero-order valence-corrected chi connectivity index (χ0v) is 19.6. The largest absolute Gasteiger partial charge is 0.489 e. The fourth-order valence-corrected chi connectivity index (χ4v) is 3.92. The Morgan fingerprint density at radius 3 is 2.31 bits per heavy atom. The first-order chi connectivity index (χ1) is 16.7. The molecule has 2 N–H and O–H groups in total. The van der Waals surface area contributed by atoms with Crippen LogP contribution in [-0.2, 0) is 22.3 Å². The number of thioether (sulfide) groups is 1. The van der Waals surface area contributed by atoms with E-state index in [9.17, 15) is 18.0 Å². The number of halogens is 3. The fraction of sp³-hybridized carbons (Fsp3) is 0.192. The van der Waals surface area contributed by atoms with E-state index in [1.807, 2.05) is 24.3 Å². The fourth-order valence-electron chi connectivity index (χ4n) is 3.41. The van der Waals surface area contributed by atoms with E-state index in [0.29, 0.717) is 11.3 Å². The van der Waals surface area contributed by atoms with Crippen molar-refractivity contribution in [1.82, 2.24) is 0 Å². The molecule has 0 aliphatic heterocycles. The molecule has 0 aliphatic rings. The average molecular weight is 501 g/mol. The Labute approximate surface area is 205 Å². The predicted molar refractivity (Wildman–Crippen MR) is 131 cm³/mol. The maximum Gasteiger partial charge on any atom is 0.416 e. The summed E-state index contributed by atoms with van der Waals surface area (Å²) in [7, 11) is 1.29. The summed E-state index contributed by atoms with van der Waals surface area (Å²) in [5, 5.41) is 15.5. The summed E-state index contributed by atoms with van der Waals surface area (Å²) >= 11 is 0.930. The summed E-state index contributed by atoms with van der Waals surface area (Å²) in [6, 6.07) is 19.4. The van der Waals surface area contributed by atoms with E-state index in [1.54, 1.807) is 24.3 Å². The Balaban J connectivity index is 1.68. The van der Waals surface area contributed by atoms with Gasteiger partial charge in [0.1, 0.15) is 12.4 Å². The van der Waals surface area contributed by atoms with Gasteiger partial charge in [0.15, 0.2) is 0 Å². The van der Waals surface area contributed by atoms with E-state index < -0.39 is 23.6 Å². The molecule has 3 aromatic carbocycles. The Morgan fingerprint density at radius 2 is 1.71 bits per heavy atom. The van der Waals surface area contributed by atoms with E-state index in [1.165, 1.54) is 19.2 Å². The molecule has 35 heavy (non-hydrogen) atoms. The average Bonchev–Trinajstić information content (AvgIpc) is 2.86. The SMILES string of the molecule is COC(=O)CC(C(=N)SC=N)c1ccc(OCc2cccc(-c3ccc(C(F)(F)F)cc3)c2)cc1. The van der Waals surface area contributed by atoms with Gasteiger partial charge in [-0.1, -0.05) is 54.2 Å². The summed E-state index contributed by atoms with van der Waals surface area (Å²) < 4.78 is 49.0. The molecule has 1 atom stereocenters. The maximum atomic E-state index is 12.8. The number of hydrogen-bond acceptors (Lipinski definition) is 6. The third-order valence-corrected chi connectivity index (χ3v) is 5.92. The van der Waals surface area contributed by atoms with Gasteiger partial charge in [0.25, 0.3) is 0 Å². The molecule has 0 saturated heterocycles. The van der Waals surface area contributed by atoms with Crippen molar-refractivity contribution in [3.8, 4) is 16.9 Å². The van der Waals surface area contributed by atoms with Gasteiger partial charge >= 0.3 is 12.1 Å². The number of benzene rings is 3. The summed E-state index contributed by atoms with van der Waals surface area (Å²) in [5.41, 5.74) is 3.38. The van der Waals surface area contributed by atoms with Crippen LogP contribution in [-0.4, -0.2) is 23.7 Å². The van der Waals surface area contributed by atoms with Crippen molar-refractivity contribution < 1.29 is 27.4 Å². The second-order valence-electron chi connectivity index (χ2n) is 7.57. The van der Waals surface area contributed by atoms with Crippen molar-refractivity contribution in [3.63, 3.8) is 0 Å². The van der Waals surface area contributed by atoms with Crippen LogP contribution in [0.3, 0.4) is 0 Å². The number of carbonyl (C=O) groups is 1. The minimum atomic E-state index is -4.37. The van der Waals surface area contributed by atoms with E-state index in [2.05, 4.69) is 0 Å². The lowest BCUT2D eigenvalue weighted by Crippen LogP contribution is -2.15. The Hall–Kier alpha value is -3.59. The van der Waals surface area contributed by atoms with Gasteiger partial charge in [0.05, 0.1) is 29.7 Å². The highest BCUT2D eigenvalue weighted by Gasteiger charge is 2.30. The van der Waals surface area contributed by atoms with Crippen molar-refractivity contribution in [1.29, 1.82) is 10.8 Å². The Kier molecular flexibility index (Phi) is 8.70. The molecule has 1 unspecified atom stereocenters. The highest BCUT2D eigenvalue weighted by Crippen LogP contribution is 2.31. The molecule has 5 nitrogen and oxygen atoms in total. The molecule has 0 spiro atoms. The molecular weight excluding hydrogens is 477 g/mol. The first-order valence-corrected chi connectivity index (χ1v) is 11.4.